The second-order valence-electron chi connectivity index (χ2n) is 7.65. The molecule has 1 aromatic rings. The fourth-order valence-electron chi connectivity index (χ4n) is 3.13. The van der Waals surface area contributed by atoms with Crippen molar-refractivity contribution < 1.29 is 18.3 Å². The number of hydrogen-bond donors (Lipinski definition) is 4. The normalized spacial score (nSPS) is 19.8. The van der Waals surface area contributed by atoms with E-state index in [1.54, 1.807) is 26.0 Å². The van der Waals surface area contributed by atoms with Crippen molar-refractivity contribution in [1.29, 1.82) is 0 Å². The Bertz CT molecular complexity index is 963. The molecule has 0 saturated heterocycles. The predicted octanol–water partition coefficient (Wildman–Crippen LogP) is 1.22. The molecule has 0 atom stereocenters. The number of allylic oxidation sites excluding steroid dienone is 3. The van der Waals surface area contributed by atoms with Crippen molar-refractivity contribution in [3.63, 3.8) is 0 Å². The quantitative estimate of drug-likeness (QED) is 0.461. The summed E-state index contributed by atoms with van der Waals surface area (Å²) in [4.78, 5) is 20.5. The lowest BCUT2D eigenvalue weighted by molar-refractivity contribution is 0.212. The number of nitrogen functional groups attached to an aromatic ring is 1. The highest BCUT2D eigenvalue weighted by Gasteiger charge is 2.56. The van der Waals surface area contributed by atoms with Gasteiger partial charge in [-0.1, -0.05) is 13.0 Å². The van der Waals surface area contributed by atoms with E-state index < -0.39 is 20.1 Å². The van der Waals surface area contributed by atoms with Crippen LogP contribution in [0.25, 0.3) is 5.57 Å². The van der Waals surface area contributed by atoms with Crippen molar-refractivity contribution in [1.82, 2.24) is 20.6 Å². The highest BCUT2D eigenvalue weighted by molar-refractivity contribution is 7.92. The Labute approximate surface area is 170 Å². The molecule has 0 aliphatic heterocycles. The van der Waals surface area contributed by atoms with Crippen LogP contribution in [-0.4, -0.2) is 47.4 Å². The van der Waals surface area contributed by atoms with E-state index >= 15 is 0 Å². The summed E-state index contributed by atoms with van der Waals surface area (Å²) in [6, 6.07) is 1.15. The summed E-state index contributed by atoms with van der Waals surface area (Å²) in [6.07, 6.45) is 7.39. The van der Waals surface area contributed by atoms with E-state index in [-0.39, 0.29) is 24.2 Å². The molecular formula is C19H27N5O4S. The minimum atomic E-state index is -3.29. The maximum Gasteiger partial charge on any atom is 0.319 e. The second-order valence-corrected chi connectivity index (χ2v) is 10.2. The molecule has 1 heterocycles. The topological polar surface area (TPSA) is 147 Å². The molecule has 158 valence electrons. The predicted molar refractivity (Wildman–Crippen MR) is 110 cm³/mol. The molecule has 0 radical (unpaired) electrons. The van der Waals surface area contributed by atoms with E-state index in [0.717, 1.165) is 12.8 Å². The van der Waals surface area contributed by atoms with E-state index in [4.69, 9.17) is 5.73 Å². The average Bonchev–Trinajstić information content (AvgIpc) is 3.59. The first kappa shape index (κ1) is 21.3. The maximum absolute atomic E-state index is 12.5. The molecule has 0 aromatic carbocycles. The van der Waals surface area contributed by atoms with E-state index in [1.807, 2.05) is 0 Å². The minimum absolute atomic E-state index is 0.0507. The fraction of sp³-hybridized carbons (Fsp3) is 0.526. The third-order valence-corrected chi connectivity index (χ3v) is 8.00. The molecule has 0 unspecified atom stereocenters. The van der Waals surface area contributed by atoms with Gasteiger partial charge in [-0.25, -0.2) is 23.2 Å². The number of aliphatic hydroxyl groups is 1. The van der Waals surface area contributed by atoms with E-state index in [9.17, 15) is 18.3 Å². The molecule has 3 rings (SSSR count). The number of hydrogen-bond acceptors (Lipinski definition) is 7. The number of amides is 2. The van der Waals surface area contributed by atoms with Crippen molar-refractivity contribution in [3.8, 4) is 0 Å². The molecule has 1 aromatic heterocycles. The van der Waals surface area contributed by atoms with Crippen LogP contribution in [0, 0.1) is 0 Å². The van der Waals surface area contributed by atoms with E-state index in [1.165, 1.54) is 12.3 Å². The molecule has 10 heteroatoms. The zero-order chi connectivity index (χ0) is 21.3. The number of nitrogens with zero attached hydrogens (tertiary/aromatic N) is 2. The van der Waals surface area contributed by atoms with Crippen molar-refractivity contribution in [2.45, 2.75) is 49.8 Å². The minimum Gasteiger partial charge on any atom is -0.394 e. The van der Waals surface area contributed by atoms with Crippen molar-refractivity contribution in [2.24, 2.45) is 0 Å². The van der Waals surface area contributed by atoms with Gasteiger partial charge in [-0.3, -0.25) is 0 Å². The number of nitrogens with one attached hydrogen (secondary N) is 2. The van der Waals surface area contributed by atoms with Gasteiger partial charge >= 0.3 is 6.03 Å². The van der Waals surface area contributed by atoms with Crippen molar-refractivity contribution in [3.05, 3.63) is 35.9 Å². The molecule has 2 aliphatic rings. The Kier molecular flexibility index (Phi) is 5.68. The number of urea groups is 1. The van der Waals surface area contributed by atoms with Crippen LogP contribution >= 0.6 is 0 Å². The van der Waals surface area contributed by atoms with Gasteiger partial charge in [0.1, 0.15) is 10.6 Å². The summed E-state index contributed by atoms with van der Waals surface area (Å²) >= 11 is 0. The fourth-order valence-corrected chi connectivity index (χ4v) is 4.83. The summed E-state index contributed by atoms with van der Waals surface area (Å²) in [5, 5.41) is 14.5. The molecule has 0 spiro atoms. The van der Waals surface area contributed by atoms with Crippen LogP contribution in [-0.2, 0) is 14.6 Å². The summed E-state index contributed by atoms with van der Waals surface area (Å²) in [7, 11) is -3.29. The maximum atomic E-state index is 12.5. The lowest BCUT2D eigenvalue weighted by atomic mass is 10.2. The van der Waals surface area contributed by atoms with Gasteiger partial charge in [0, 0.05) is 18.0 Å². The molecule has 9 nitrogen and oxygen atoms in total. The standard InChI is InChI=1S/C19H27N5O4S/c1-3-29(27,28)19(8-9-19)14-11-15(20)23-16(22-14)13(2)5-4-10-21-17(26)24-18(12-25)6-7-18/h4-5,10-11,25H,3,6-9,12H2,1-2H3,(H2,20,22,23)(H2,21,24,26)/b10-4+,13-5+. The molecule has 2 aliphatic carbocycles. The molecule has 29 heavy (non-hydrogen) atoms. The second kappa shape index (κ2) is 7.75. The van der Waals surface area contributed by atoms with Gasteiger partial charge in [0.05, 0.1) is 17.8 Å². The zero-order valence-corrected chi connectivity index (χ0v) is 17.4. The number of anilines is 1. The number of carbonyl (C=O) groups excluding carboxylic acids is 1. The largest absolute Gasteiger partial charge is 0.394 e. The van der Waals surface area contributed by atoms with Crippen LogP contribution in [0.1, 0.15) is 51.0 Å². The summed E-state index contributed by atoms with van der Waals surface area (Å²) < 4.78 is 24.0. The Morgan fingerprint density at radius 2 is 2.00 bits per heavy atom. The van der Waals surface area contributed by atoms with Crippen LogP contribution in [0.2, 0.25) is 0 Å². The smallest absolute Gasteiger partial charge is 0.319 e. The SMILES string of the molecule is CCS(=O)(=O)C1(c2cc(N)nc(/C(C)=C/C=C/NC(=O)NC3(CO)CC3)n2)CC1. The number of rotatable bonds is 8. The average molecular weight is 422 g/mol. The van der Waals surface area contributed by atoms with Gasteiger partial charge in [-0.05, 0) is 44.3 Å². The molecule has 5 N–H and O–H groups in total. The zero-order valence-electron chi connectivity index (χ0n) is 16.6. The summed E-state index contributed by atoms with van der Waals surface area (Å²) in [6.45, 7) is 3.33. The van der Waals surface area contributed by atoms with Crippen LogP contribution in [0.4, 0.5) is 10.6 Å². The Morgan fingerprint density at radius 3 is 2.55 bits per heavy atom. The summed E-state index contributed by atoms with van der Waals surface area (Å²) in [5.74, 6) is 0.620. The Hall–Kier alpha value is -2.46. The van der Waals surface area contributed by atoms with Gasteiger partial charge < -0.3 is 21.5 Å². The third kappa shape index (κ3) is 4.43. The van der Waals surface area contributed by atoms with Gasteiger partial charge in [-0.2, -0.15) is 0 Å². The van der Waals surface area contributed by atoms with Gasteiger partial charge in [0.2, 0.25) is 0 Å². The van der Waals surface area contributed by atoms with Gasteiger partial charge in [0.25, 0.3) is 0 Å². The first-order valence-electron chi connectivity index (χ1n) is 9.58. The lowest BCUT2D eigenvalue weighted by Crippen LogP contribution is -2.43. The number of aromatic nitrogens is 2. The molecule has 2 fully saturated rings. The first-order chi connectivity index (χ1) is 13.7. The van der Waals surface area contributed by atoms with E-state index in [0.29, 0.717) is 29.9 Å². The first-order valence-corrected chi connectivity index (χ1v) is 11.2. The van der Waals surface area contributed by atoms with Crippen LogP contribution < -0.4 is 16.4 Å². The molecule has 2 saturated carbocycles. The third-order valence-electron chi connectivity index (χ3n) is 5.44. The lowest BCUT2D eigenvalue weighted by Gasteiger charge is -2.16. The number of carbonyl (C=O) groups is 1. The van der Waals surface area contributed by atoms with Crippen LogP contribution in [0.15, 0.2) is 24.4 Å². The number of nitrogens with two attached hydrogens (primary N) is 1. The Balaban J connectivity index is 1.70. The van der Waals surface area contributed by atoms with E-state index in [2.05, 4.69) is 20.6 Å². The monoisotopic (exact) mass is 421 g/mol. The highest BCUT2D eigenvalue weighted by atomic mass is 32.2. The molecule has 2 amide bonds. The highest BCUT2D eigenvalue weighted by Crippen LogP contribution is 2.52. The van der Waals surface area contributed by atoms with Crippen LogP contribution in [0.5, 0.6) is 0 Å². The van der Waals surface area contributed by atoms with Gasteiger partial charge in [-0.15, -0.1) is 0 Å². The Morgan fingerprint density at radius 1 is 1.31 bits per heavy atom. The van der Waals surface area contributed by atoms with Gasteiger partial charge in [0.15, 0.2) is 15.7 Å². The van der Waals surface area contributed by atoms with Crippen molar-refractivity contribution in [2.75, 3.05) is 18.1 Å². The van der Waals surface area contributed by atoms with Crippen LogP contribution in [0.3, 0.4) is 0 Å². The number of sulfone groups is 1. The molecular weight excluding hydrogens is 394 g/mol. The molecule has 0 bridgehead atoms. The van der Waals surface area contributed by atoms with Crippen molar-refractivity contribution >= 4 is 27.3 Å². The number of aliphatic hydroxyl groups excluding tert-OH is 1. The summed E-state index contributed by atoms with van der Waals surface area (Å²) in [5.41, 5.74) is 6.54.